The van der Waals surface area contributed by atoms with Crippen molar-refractivity contribution in [3.8, 4) is 0 Å². The highest BCUT2D eigenvalue weighted by molar-refractivity contribution is 8.00. The molecule has 112 valence electrons. The lowest BCUT2D eigenvalue weighted by Crippen LogP contribution is -2.30. The quantitative estimate of drug-likeness (QED) is 0.795. The van der Waals surface area contributed by atoms with Gasteiger partial charge in [0.1, 0.15) is 5.02 Å². The number of thioether (sulfide) groups is 1. The van der Waals surface area contributed by atoms with Crippen LogP contribution in [0, 0.1) is 0 Å². The van der Waals surface area contributed by atoms with E-state index in [1.54, 1.807) is 6.20 Å². The molecule has 2 N–H and O–H groups in total. The maximum Gasteiger partial charge on any atom is 0.224 e. The molecule has 1 fully saturated rings. The van der Waals surface area contributed by atoms with E-state index in [0.717, 1.165) is 25.3 Å². The van der Waals surface area contributed by atoms with Gasteiger partial charge in [0.15, 0.2) is 5.82 Å². The summed E-state index contributed by atoms with van der Waals surface area (Å²) in [5, 5.41) is 7.19. The highest BCUT2D eigenvalue weighted by Crippen LogP contribution is 2.40. The van der Waals surface area contributed by atoms with Gasteiger partial charge in [-0.15, -0.1) is 0 Å². The van der Waals surface area contributed by atoms with E-state index in [4.69, 9.17) is 11.6 Å². The monoisotopic (exact) mass is 314 g/mol. The van der Waals surface area contributed by atoms with Crippen LogP contribution in [-0.2, 0) is 0 Å². The van der Waals surface area contributed by atoms with Gasteiger partial charge in [-0.1, -0.05) is 31.4 Å². The normalized spacial score (nSPS) is 17.1. The van der Waals surface area contributed by atoms with Gasteiger partial charge in [-0.25, -0.2) is 4.98 Å². The Kier molecular flexibility index (Phi) is 5.78. The summed E-state index contributed by atoms with van der Waals surface area (Å²) in [5.74, 6) is 1.38. The number of aromatic nitrogens is 2. The van der Waals surface area contributed by atoms with E-state index in [0.29, 0.717) is 15.7 Å². The van der Waals surface area contributed by atoms with Crippen LogP contribution in [0.5, 0.6) is 0 Å². The lowest BCUT2D eigenvalue weighted by Gasteiger charge is -2.27. The van der Waals surface area contributed by atoms with Crippen LogP contribution in [0.1, 0.15) is 39.0 Å². The van der Waals surface area contributed by atoms with Crippen molar-refractivity contribution in [1.82, 2.24) is 9.97 Å². The van der Waals surface area contributed by atoms with Gasteiger partial charge in [0, 0.05) is 17.8 Å². The Bertz CT molecular complexity index is 435. The second-order valence-electron chi connectivity index (χ2n) is 5.26. The van der Waals surface area contributed by atoms with Crippen LogP contribution in [0.25, 0.3) is 0 Å². The fourth-order valence-electron chi connectivity index (χ4n) is 2.53. The van der Waals surface area contributed by atoms with E-state index in [1.807, 2.05) is 11.8 Å². The van der Waals surface area contributed by atoms with Gasteiger partial charge in [-0.2, -0.15) is 16.7 Å². The molecule has 0 aliphatic heterocycles. The Morgan fingerprint density at radius 3 is 2.75 bits per heavy atom. The summed E-state index contributed by atoms with van der Waals surface area (Å²) in [6.07, 6.45) is 10.1. The smallest absolute Gasteiger partial charge is 0.224 e. The predicted octanol–water partition coefficient (Wildman–Crippen LogP) is 4.04. The summed E-state index contributed by atoms with van der Waals surface area (Å²) in [5.41, 5.74) is 0. The van der Waals surface area contributed by atoms with Crippen LogP contribution in [0.4, 0.5) is 11.8 Å². The highest BCUT2D eigenvalue weighted by atomic mass is 35.5. The van der Waals surface area contributed by atoms with E-state index >= 15 is 0 Å². The van der Waals surface area contributed by atoms with Crippen molar-refractivity contribution in [3.63, 3.8) is 0 Å². The molecule has 0 bridgehead atoms. The Hall–Kier alpha value is -0.680. The van der Waals surface area contributed by atoms with Crippen molar-refractivity contribution in [2.24, 2.45) is 0 Å². The second kappa shape index (κ2) is 7.36. The van der Waals surface area contributed by atoms with Gasteiger partial charge in [0.2, 0.25) is 5.95 Å². The molecule has 0 radical (unpaired) electrons. The first-order chi connectivity index (χ1) is 9.69. The average Bonchev–Trinajstić information content (AvgIpc) is 2.94. The lowest BCUT2D eigenvalue weighted by molar-refractivity contribution is 0.638. The van der Waals surface area contributed by atoms with Gasteiger partial charge in [0.05, 0.1) is 6.20 Å². The number of hydrogen-bond donors (Lipinski definition) is 2. The molecule has 2 rings (SSSR count). The molecule has 1 aromatic heterocycles. The molecule has 1 saturated carbocycles. The molecule has 4 nitrogen and oxygen atoms in total. The van der Waals surface area contributed by atoms with Crippen LogP contribution < -0.4 is 10.6 Å². The molecule has 0 spiro atoms. The fourth-order valence-corrected chi connectivity index (χ4v) is 3.60. The van der Waals surface area contributed by atoms with Crippen molar-refractivity contribution in [1.29, 1.82) is 0 Å². The molecular formula is C14H23ClN4S. The van der Waals surface area contributed by atoms with Crippen molar-refractivity contribution in [2.75, 3.05) is 30.0 Å². The molecule has 1 heterocycles. The molecule has 1 aromatic rings. The molecule has 0 aromatic carbocycles. The van der Waals surface area contributed by atoms with E-state index in [9.17, 15) is 0 Å². The number of anilines is 2. The Morgan fingerprint density at radius 1 is 1.35 bits per heavy atom. The van der Waals surface area contributed by atoms with E-state index < -0.39 is 0 Å². The molecule has 0 atom stereocenters. The van der Waals surface area contributed by atoms with Crippen LogP contribution >= 0.6 is 23.4 Å². The number of halogens is 1. The molecule has 1 aliphatic rings. The van der Waals surface area contributed by atoms with Crippen molar-refractivity contribution in [2.45, 2.75) is 43.8 Å². The van der Waals surface area contributed by atoms with E-state index in [-0.39, 0.29) is 0 Å². The van der Waals surface area contributed by atoms with Crippen molar-refractivity contribution >= 4 is 35.1 Å². The van der Waals surface area contributed by atoms with Gasteiger partial charge >= 0.3 is 0 Å². The Labute approximate surface area is 130 Å². The third kappa shape index (κ3) is 3.92. The molecule has 0 saturated heterocycles. The molecule has 0 unspecified atom stereocenters. The van der Waals surface area contributed by atoms with Crippen LogP contribution in [0.3, 0.4) is 0 Å². The van der Waals surface area contributed by atoms with Gasteiger partial charge in [0.25, 0.3) is 0 Å². The minimum absolute atomic E-state index is 0.339. The fraction of sp³-hybridized carbons (Fsp3) is 0.714. The zero-order valence-electron chi connectivity index (χ0n) is 12.2. The molecule has 6 heteroatoms. The Balaban J connectivity index is 2.00. The number of rotatable bonds is 7. The zero-order valence-corrected chi connectivity index (χ0v) is 13.8. The topological polar surface area (TPSA) is 49.8 Å². The zero-order chi connectivity index (χ0) is 14.4. The van der Waals surface area contributed by atoms with Gasteiger partial charge in [-0.05, 0) is 25.5 Å². The van der Waals surface area contributed by atoms with E-state index in [2.05, 4.69) is 33.8 Å². The largest absolute Gasteiger partial charge is 0.367 e. The minimum Gasteiger partial charge on any atom is -0.367 e. The SMILES string of the molecule is CCCNc1ncc(Cl)c(NCC2(SC)CCCC2)n1. The maximum atomic E-state index is 6.18. The van der Waals surface area contributed by atoms with Crippen LogP contribution in [0.15, 0.2) is 6.20 Å². The van der Waals surface area contributed by atoms with Crippen molar-refractivity contribution in [3.05, 3.63) is 11.2 Å². The van der Waals surface area contributed by atoms with Crippen LogP contribution in [-0.4, -0.2) is 34.1 Å². The van der Waals surface area contributed by atoms with E-state index in [1.165, 1.54) is 25.7 Å². The summed E-state index contributed by atoms with van der Waals surface area (Å²) < 4.78 is 0.339. The predicted molar refractivity (Wildman–Crippen MR) is 89.0 cm³/mol. The molecule has 1 aliphatic carbocycles. The standard InChI is InChI=1S/C14H23ClN4S/c1-3-8-16-13-17-9-11(15)12(19-13)18-10-14(20-2)6-4-5-7-14/h9H,3-8,10H2,1-2H3,(H2,16,17,18,19). The van der Waals surface area contributed by atoms with Gasteiger partial charge < -0.3 is 10.6 Å². The summed E-state index contributed by atoms with van der Waals surface area (Å²) >= 11 is 8.14. The van der Waals surface area contributed by atoms with Crippen LogP contribution in [0.2, 0.25) is 5.02 Å². The average molecular weight is 315 g/mol. The lowest BCUT2D eigenvalue weighted by atomic mass is 10.1. The summed E-state index contributed by atoms with van der Waals surface area (Å²) in [6.45, 7) is 3.90. The third-order valence-electron chi connectivity index (χ3n) is 3.80. The molecule has 0 amide bonds. The summed E-state index contributed by atoms with van der Waals surface area (Å²) in [7, 11) is 0. The van der Waals surface area contributed by atoms with Gasteiger partial charge in [-0.3, -0.25) is 0 Å². The molecular weight excluding hydrogens is 292 g/mol. The van der Waals surface area contributed by atoms with Crippen molar-refractivity contribution < 1.29 is 0 Å². The number of nitrogens with one attached hydrogen (secondary N) is 2. The first-order valence-electron chi connectivity index (χ1n) is 7.24. The number of nitrogens with zero attached hydrogens (tertiary/aromatic N) is 2. The summed E-state index contributed by atoms with van der Waals surface area (Å²) in [6, 6.07) is 0. The number of hydrogen-bond acceptors (Lipinski definition) is 5. The molecule has 20 heavy (non-hydrogen) atoms. The third-order valence-corrected chi connectivity index (χ3v) is 5.50. The first-order valence-corrected chi connectivity index (χ1v) is 8.85. The Morgan fingerprint density at radius 2 is 2.10 bits per heavy atom. The second-order valence-corrected chi connectivity index (χ2v) is 6.95. The minimum atomic E-state index is 0.339. The highest BCUT2D eigenvalue weighted by Gasteiger charge is 2.32. The maximum absolute atomic E-state index is 6.18. The first kappa shape index (κ1) is 15.7. The summed E-state index contributed by atoms with van der Waals surface area (Å²) in [4.78, 5) is 8.66.